The van der Waals surface area contributed by atoms with E-state index in [9.17, 15) is 10.1 Å². The van der Waals surface area contributed by atoms with Crippen molar-refractivity contribution in [1.82, 2.24) is 0 Å². The summed E-state index contributed by atoms with van der Waals surface area (Å²) in [5.41, 5.74) is 2.51. The maximum absolute atomic E-state index is 11.3. The lowest BCUT2D eigenvalue weighted by Gasteiger charge is -2.28. The van der Waals surface area contributed by atoms with Crippen LogP contribution < -0.4 is 25.4 Å². The van der Waals surface area contributed by atoms with Gasteiger partial charge in [0, 0.05) is 17.7 Å². The van der Waals surface area contributed by atoms with Gasteiger partial charge in [-0.2, -0.15) is 0 Å². The second-order valence-corrected chi connectivity index (χ2v) is 13.2. The van der Waals surface area contributed by atoms with Crippen LogP contribution in [0.2, 0.25) is 0 Å². The number of ether oxygens (including phenoxy) is 2. The van der Waals surface area contributed by atoms with E-state index in [4.69, 9.17) is 9.47 Å². The van der Waals surface area contributed by atoms with Gasteiger partial charge in [0.05, 0.1) is 12.0 Å². The van der Waals surface area contributed by atoms with E-state index in [0.29, 0.717) is 22.6 Å². The van der Waals surface area contributed by atoms with Crippen LogP contribution in [-0.4, -0.2) is 12.0 Å². The van der Waals surface area contributed by atoms with Crippen LogP contribution in [0.15, 0.2) is 121 Å². The lowest BCUT2D eigenvalue weighted by atomic mass is 10.1. The van der Waals surface area contributed by atoms with Crippen molar-refractivity contribution in [2.24, 2.45) is 0 Å². The number of non-ortho nitro benzene ring substituents is 1. The van der Waals surface area contributed by atoms with Gasteiger partial charge < -0.3 is 9.47 Å². The van der Waals surface area contributed by atoms with E-state index in [1.165, 1.54) is 15.9 Å². The first-order chi connectivity index (χ1) is 19.4. The van der Waals surface area contributed by atoms with Crippen molar-refractivity contribution in [2.75, 3.05) is 7.11 Å². The predicted octanol–water partition coefficient (Wildman–Crippen LogP) is 7.51. The van der Waals surface area contributed by atoms with Gasteiger partial charge in [-0.05, 0) is 79.6 Å². The number of aryl methyl sites for hydroxylation is 2. The van der Waals surface area contributed by atoms with Crippen molar-refractivity contribution in [3.05, 3.63) is 148 Å². The van der Waals surface area contributed by atoms with Crippen molar-refractivity contribution in [2.45, 2.75) is 20.0 Å². The average Bonchev–Trinajstić information content (AvgIpc) is 2.99. The molecule has 0 bridgehead atoms. The van der Waals surface area contributed by atoms with Crippen molar-refractivity contribution in [3.8, 4) is 17.2 Å². The molecule has 40 heavy (non-hydrogen) atoms. The average molecular weight is 549 g/mol. The summed E-state index contributed by atoms with van der Waals surface area (Å²) in [5, 5.41) is 15.2. The number of hydrogen-bond acceptors (Lipinski definition) is 4. The Kier molecular flexibility index (Phi) is 7.95. The molecule has 0 atom stereocenters. The highest BCUT2D eigenvalue weighted by Crippen LogP contribution is 2.59. The van der Waals surface area contributed by atoms with Gasteiger partial charge in [-0.15, -0.1) is 0 Å². The lowest BCUT2D eigenvalue weighted by Crippen LogP contribution is -2.32. The third-order valence-corrected chi connectivity index (χ3v) is 11.5. The first kappa shape index (κ1) is 27.1. The topological polar surface area (TPSA) is 61.6 Å². The molecule has 0 aliphatic rings. The van der Waals surface area contributed by atoms with Crippen LogP contribution in [-0.2, 0) is 6.16 Å². The molecule has 5 aromatic carbocycles. The number of nitro groups is 1. The maximum atomic E-state index is 11.3. The van der Waals surface area contributed by atoms with Gasteiger partial charge >= 0.3 is 0 Å². The summed E-state index contributed by atoms with van der Waals surface area (Å²) in [6, 6.07) is 41.1. The Morgan fingerprint density at radius 3 is 1.60 bits per heavy atom. The van der Waals surface area contributed by atoms with E-state index < -0.39 is 7.26 Å². The molecule has 5 nitrogen and oxygen atoms in total. The third-order valence-electron chi connectivity index (χ3n) is 7.13. The second-order valence-electron chi connectivity index (χ2n) is 9.72. The van der Waals surface area contributed by atoms with E-state index >= 15 is 0 Å². The fourth-order valence-electron chi connectivity index (χ4n) is 5.28. The van der Waals surface area contributed by atoms with Crippen LogP contribution in [0.5, 0.6) is 17.2 Å². The molecule has 0 unspecified atom stereocenters. The summed E-state index contributed by atoms with van der Waals surface area (Å²) in [7, 11) is -0.473. The minimum absolute atomic E-state index is 0.0564. The first-order valence-corrected chi connectivity index (χ1v) is 15.0. The van der Waals surface area contributed by atoms with Crippen molar-refractivity contribution in [1.29, 1.82) is 0 Å². The Bertz CT molecular complexity index is 1500. The molecule has 5 aromatic rings. The second kappa shape index (κ2) is 11.7. The number of nitrogens with zero attached hydrogens (tertiary/aromatic N) is 1. The summed E-state index contributed by atoms with van der Waals surface area (Å²) >= 11 is 0. The van der Waals surface area contributed by atoms with Crippen LogP contribution in [0.1, 0.15) is 16.7 Å². The highest BCUT2D eigenvalue weighted by Gasteiger charge is 2.46. The normalized spacial score (nSPS) is 11.2. The van der Waals surface area contributed by atoms with Crippen molar-refractivity contribution in [3.63, 3.8) is 0 Å². The first-order valence-electron chi connectivity index (χ1n) is 13.1. The van der Waals surface area contributed by atoms with Crippen LogP contribution in [0.25, 0.3) is 0 Å². The van der Waals surface area contributed by atoms with Gasteiger partial charge in [0.1, 0.15) is 46.6 Å². The van der Waals surface area contributed by atoms with Crippen molar-refractivity contribution < 1.29 is 14.4 Å². The Morgan fingerprint density at radius 2 is 1.18 bits per heavy atom. The molecule has 0 N–H and O–H groups in total. The molecule has 0 aliphatic heterocycles. The molecule has 0 amide bonds. The van der Waals surface area contributed by atoms with Gasteiger partial charge in [0.25, 0.3) is 5.69 Å². The molecule has 200 valence electrons. The Morgan fingerprint density at radius 1 is 0.700 bits per heavy atom. The fourth-order valence-corrected chi connectivity index (χ4v) is 9.52. The van der Waals surface area contributed by atoms with Crippen LogP contribution >= 0.6 is 7.26 Å². The molecular weight excluding hydrogens is 517 g/mol. The Labute approximate surface area is 235 Å². The molecular formula is C34H31NO4P+. The molecule has 0 spiro atoms. The summed E-state index contributed by atoms with van der Waals surface area (Å²) in [4.78, 5) is 10.9. The summed E-state index contributed by atoms with van der Waals surface area (Å²) in [5.74, 6) is 2.07. The minimum Gasteiger partial charge on any atom is -0.496 e. The summed E-state index contributed by atoms with van der Waals surface area (Å²) in [6.07, 6.45) is 0.726. The van der Waals surface area contributed by atoms with Crippen LogP contribution in [0, 0.1) is 24.0 Å². The largest absolute Gasteiger partial charge is 0.496 e. The van der Waals surface area contributed by atoms with E-state index in [1.54, 1.807) is 19.2 Å². The number of rotatable bonds is 9. The number of benzene rings is 5. The zero-order valence-corrected chi connectivity index (χ0v) is 23.7. The molecule has 0 aliphatic carbocycles. The predicted molar refractivity (Wildman–Crippen MR) is 164 cm³/mol. The van der Waals surface area contributed by atoms with Crippen LogP contribution in [0.3, 0.4) is 0 Å². The van der Waals surface area contributed by atoms with Gasteiger partial charge in [0.2, 0.25) is 0 Å². The molecule has 0 saturated carbocycles. The lowest BCUT2D eigenvalue weighted by molar-refractivity contribution is -0.385. The maximum Gasteiger partial charge on any atom is 0.270 e. The number of methoxy groups -OCH3 is 1. The quantitative estimate of drug-likeness (QED) is 0.109. The Balaban J connectivity index is 1.66. The van der Waals surface area contributed by atoms with Gasteiger partial charge in [-0.3, -0.25) is 10.1 Å². The van der Waals surface area contributed by atoms with Crippen LogP contribution in [0.4, 0.5) is 5.69 Å². The van der Waals surface area contributed by atoms with E-state index in [2.05, 4.69) is 91.0 Å². The SMILES string of the molecule is COc1ccc(Oc2c(C)cc([N+](=O)[O-])cc2C)cc1C[P+](c1ccccc1)(c1ccccc1)c1ccccc1. The minimum atomic E-state index is -2.16. The molecule has 0 heterocycles. The molecule has 6 heteroatoms. The fraction of sp³-hybridized carbons (Fsp3) is 0.118. The smallest absolute Gasteiger partial charge is 0.270 e. The number of hydrogen-bond donors (Lipinski definition) is 0. The highest BCUT2D eigenvalue weighted by atomic mass is 31.2. The summed E-state index contributed by atoms with van der Waals surface area (Å²) in [6.45, 7) is 3.66. The van der Waals surface area contributed by atoms with Gasteiger partial charge in [0.15, 0.2) is 0 Å². The summed E-state index contributed by atoms with van der Waals surface area (Å²) < 4.78 is 12.3. The third kappa shape index (κ3) is 5.34. The Hall–Kier alpha value is -4.47. The van der Waals surface area contributed by atoms with E-state index in [-0.39, 0.29) is 10.6 Å². The van der Waals surface area contributed by atoms with Gasteiger partial charge in [-0.1, -0.05) is 54.6 Å². The highest BCUT2D eigenvalue weighted by molar-refractivity contribution is 7.95. The van der Waals surface area contributed by atoms with Gasteiger partial charge in [-0.25, -0.2) is 0 Å². The molecule has 0 fully saturated rings. The monoisotopic (exact) mass is 548 g/mol. The molecule has 0 aromatic heterocycles. The van der Waals surface area contributed by atoms with E-state index in [0.717, 1.165) is 17.5 Å². The molecule has 5 rings (SSSR count). The molecule has 0 saturated heterocycles. The van der Waals surface area contributed by atoms with E-state index in [1.807, 2.05) is 32.0 Å². The zero-order chi connectivity index (χ0) is 28.1. The van der Waals surface area contributed by atoms with Crippen molar-refractivity contribution >= 4 is 28.9 Å². The standard InChI is InChI=1S/C34H31NO4P/c1-25-21-28(35(36)37)22-26(2)34(25)39-29-19-20-33(38-3)27(23-29)24-40(30-13-7-4-8-14-30,31-15-9-5-10-16-31)32-17-11-6-12-18-32/h4-23H,24H2,1-3H3/q+1. The zero-order valence-electron chi connectivity index (χ0n) is 22.8. The number of nitro benzene ring substituents is 1. The molecule has 0 radical (unpaired) electrons.